The quantitative estimate of drug-likeness (QED) is 0.581. The Kier molecular flexibility index (Phi) is 6.38. The highest BCUT2D eigenvalue weighted by atomic mass is 35.5. The van der Waals surface area contributed by atoms with Crippen LogP contribution in [0.15, 0.2) is 59.6 Å². The molecule has 2 aromatic carbocycles. The van der Waals surface area contributed by atoms with Crippen molar-refractivity contribution >= 4 is 22.4 Å². The summed E-state index contributed by atoms with van der Waals surface area (Å²) in [6.45, 7) is 3.95. The minimum atomic E-state index is -3.70. The number of rotatable bonds is 6. The van der Waals surface area contributed by atoms with Gasteiger partial charge in [0.1, 0.15) is 0 Å². The lowest BCUT2D eigenvalue weighted by Gasteiger charge is -2.24. The molecule has 0 unspecified atom stereocenters. The Morgan fingerprint density at radius 1 is 1.11 bits per heavy atom. The minimum absolute atomic E-state index is 0. The number of benzene rings is 2. The molecule has 0 aliphatic carbocycles. The summed E-state index contributed by atoms with van der Waals surface area (Å²) >= 11 is 0. The number of aromatic nitrogens is 3. The molecule has 1 aromatic heterocycles. The number of aromatic amines is 1. The van der Waals surface area contributed by atoms with Gasteiger partial charge in [0, 0.05) is 6.54 Å². The van der Waals surface area contributed by atoms with Gasteiger partial charge in [-0.1, -0.05) is 35.5 Å². The van der Waals surface area contributed by atoms with Crippen molar-refractivity contribution in [1.82, 2.24) is 20.1 Å². The zero-order chi connectivity index (χ0) is 18.8. The maximum Gasteiger partial charge on any atom is 0.241 e. The Labute approximate surface area is 164 Å². The third-order valence-corrected chi connectivity index (χ3v) is 5.81. The third-order valence-electron chi connectivity index (χ3n) is 4.14. The van der Waals surface area contributed by atoms with Crippen LogP contribution in [0.4, 0.5) is 0 Å². The lowest BCUT2D eigenvalue weighted by Crippen LogP contribution is -2.41. The largest absolute Gasteiger partial charge is 0.326 e. The Morgan fingerprint density at radius 2 is 1.81 bits per heavy atom. The molecule has 7 nitrogen and oxygen atoms in total. The van der Waals surface area contributed by atoms with Gasteiger partial charge in [0.2, 0.25) is 10.0 Å². The summed E-state index contributed by atoms with van der Waals surface area (Å²) in [5.41, 5.74) is 8.34. The van der Waals surface area contributed by atoms with Gasteiger partial charge in [-0.25, -0.2) is 8.42 Å². The van der Waals surface area contributed by atoms with Crippen LogP contribution in [0.1, 0.15) is 25.1 Å². The predicted molar refractivity (Wildman–Crippen MR) is 107 cm³/mol. The summed E-state index contributed by atoms with van der Waals surface area (Å²) in [6.07, 6.45) is 1.50. The van der Waals surface area contributed by atoms with E-state index in [1.165, 1.54) is 6.20 Å². The number of hydrogen-bond acceptors (Lipinski definition) is 5. The Hall–Kier alpha value is -2.26. The van der Waals surface area contributed by atoms with Gasteiger partial charge < -0.3 is 5.73 Å². The van der Waals surface area contributed by atoms with Crippen LogP contribution < -0.4 is 10.5 Å². The molecule has 0 radical (unpaired) electrons. The molecule has 0 amide bonds. The standard InChI is InChI=1S/C18H21N5O2S.ClH/c1-18(2,17-12-20-23-21-17)22-26(24,25)16-8-6-14(7-9-16)15-5-3-4-13(10-15)11-19;/h3-10,12,22H,11,19H2,1-2H3,(H,20,21,23);1H. The topological polar surface area (TPSA) is 114 Å². The molecule has 3 aromatic rings. The first-order chi connectivity index (χ1) is 12.3. The van der Waals surface area contributed by atoms with Crippen molar-refractivity contribution in [2.24, 2.45) is 5.73 Å². The minimum Gasteiger partial charge on any atom is -0.326 e. The summed E-state index contributed by atoms with van der Waals surface area (Å²) in [6, 6.07) is 14.6. The van der Waals surface area contributed by atoms with Crippen molar-refractivity contribution < 1.29 is 8.42 Å². The second-order valence-electron chi connectivity index (χ2n) is 6.53. The van der Waals surface area contributed by atoms with Crippen LogP contribution in [0.2, 0.25) is 0 Å². The zero-order valence-electron chi connectivity index (χ0n) is 15.0. The van der Waals surface area contributed by atoms with Crippen LogP contribution in [0.5, 0.6) is 0 Å². The fourth-order valence-electron chi connectivity index (χ4n) is 2.65. The van der Waals surface area contributed by atoms with E-state index in [9.17, 15) is 8.42 Å². The summed E-state index contributed by atoms with van der Waals surface area (Å²) in [4.78, 5) is 0.191. The molecule has 0 saturated heterocycles. The van der Waals surface area contributed by atoms with Crippen LogP contribution in [-0.4, -0.2) is 23.8 Å². The molecule has 144 valence electrons. The first-order valence-corrected chi connectivity index (χ1v) is 9.60. The first kappa shape index (κ1) is 21.0. The maximum atomic E-state index is 12.7. The second-order valence-corrected chi connectivity index (χ2v) is 8.21. The highest BCUT2D eigenvalue weighted by Crippen LogP contribution is 2.24. The average molecular weight is 408 g/mol. The SMILES string of the molecule is CC(C)(NS(=O)(=O)c1ccc(-c2cccc(CN)c2)cc1)c1cnn[nH]1.Cl. The predicted octanol–water partition coefficient (Wildman–Crippen LogP) is 2.57. The van der Waals surface area contributed by atoms with Gasteiger partial charge in [0.25, 0.3) is 0 Å². The van der Waals surface area contributed by atoms with E-state index in [0.717, 1.165) is 16.7 Å². The maximum absolute atomic E-state index is 12.7. The first-order valence-electron chi connectivity index (χ1n) is 8.12. The molecule has 1 heterocycles. The number of hydrogen-bond donors (Lipinski definition) is 3. The normalized spacial score (nSPS) is 11.8. The van der Waals surface area contributed by atoms with E-state index in [4.69, 9.17) is 5.73 Å². The number of nitrogens with two attached hydrogens (primary N) is 1. The molecule has 0 aliphatic rings. The van der Waals surface area contributed by atoms with Crippen LogP contribution in [0, 0.1) is 0 Å². The summed E-state index contributed by atoms with van der Waals surface area (Å²) in [5, 5.41) is 10.0. The van der Waals surface area contributed by atoms with Gasteiger partial charge >= 0.3 is 0 Å². The number of halogens is 1. The number of H-pyrrole nitrogens is 1. The molecule has 9 heteroatoms. The molecular formula is C18H22ClN5O2S. The molecule has 0 bridgehead atoms. The molecule has 27 heavy (non-hydrogen) atoms. The third kappa shape index (κ3) is 4.72. The van der Waals surface area contributed by atoms with E-state index in [-0.39, 0.29) is 17.3 Å². The van der Waals surface area contributed by atoms with Gasteiger partial charge in [-0.05, 0) is 48.7 Å². The molecule has 3 rings (SSSR count). The molecule has 0 spiro atoms. The van der Waals surface area contributed by atoms with Gasteiger partial charge in [-0.15, -0.1) is 17.5 Å². The second kappa shape index (κ2) is 8.18. The lowest BCUT2D eigenvalue weighted by molar-refractivity contribution is 0.459. The van der Waals surface area contributed by atoms with Crippen LogP contribution in [-0.2, 0) is 22.1 Å². The van der Waals surface area contributed by atoms with Crippen molar-refractivity contribution in [3.8, 4) is 11.1 Å². The molecule has 0 aliphatic heterocycles. The fraction of sp³-hybridized carbons (Fsp3) is 0.222. The van der Waals surface area contributed by atoms with Crippen molar-refractivity contribution in [2.75, 3.05) is 0 Å². The van der Waals surface area contributed by atoms with E-state index >= 15 is 0 Å². The van der Waals surface area contributed by atoms with E-state index in [1.807, 2.05) is 24.3 Å². The summed E-state index contributed by atoms with van der Waals surface area (Å²) in [7, 11) is -3.70. The van der Waals surface area contributed by atoms with Crippen LogP contribution in [0.3, 0.4) is 0 Å². The van der Waals surface area contributed by atoms with E-state index in [2.05, 4.69) is 20.1 Å². The molecule has 0 fully saturated rings. The summed E-state index contributed by atoms with van der Waals surface area (Å²) < 4.78 is 28.1. The highest BCUT2D eigenvalue weighted by Gasteiger charge is 2.29. The van der Waals surface area contributed by atoms with Crippen molar-refractivity contribution in [2.45, 2.75) is 30.8 Å². The van der Waals surface area contributed by atoms with Crippen LogP contribution >= 0.6 is 12.4 Å². The zero-order valence-corrected chi connectivity index (χ0v) is 16.6. The summed E-state index contributed by atoms with van der Waals surface area (Å²) in [5.74, 6) is 0. The monoisotopic (exact) mass is 407 g/mol. The highest BCUT2D eigenvalue weighted by molar-refractivity contribution is 7.89. The molecule has 4 N–H and O–H groups in total. The molecule has 0 saturated carbocycles. The number of nitrogens with zero attached hydrogens (tertiary/aromatic N) is 2. The van der Waals surface area contributed by atoms with E-state index in [1.54, 1.807) is 38.1 Å². The van der Waals surface area contributed by atoms with Gasteiger partial charge in [-0.3, -0.25) is 5.10 Å². The van der Waals surface area contributed by atoms with E-state index in [0.29, 0.717) is 12.2 Å². The Morgan fingerprint density at radius 3 is 2.41 bits per heavy atom. The number of sulfonamides is 1. The van der Waals surface area contributed by atoms with Gasteiger partial charge in [-0.2, -0.15) is 4.72 Å². The fourth-order valence-corrected chi connectivity index (χ4v) is 4.05. The van der Waals surface area contributed by atoms with Gasteiger partial charge in [0.15, 0.2) is 0 Å². The van der Waals surface area contributed by atoms with Crippen molar-refractivity contribution in [1.29, 1.82) is 0 Å². The smallest absolute Gasteiger partial charge is 0.241 e. The average Bonchev–Trinajstić information content (AvgIpc) is 3.17. The Bertz CT molecular complexity index is 987. The van der Waals surface area contributed by atoms with Crippen molar-refractivity contribution in [3.05, 3.63) is 66.0 Å². The molecular weight excluding hydrogens is 386 g/mol. The lowest BCUT2D eigenvalue weighted by atomic mass is 10.0. The van der Waals surface area contributed by atoms with Crippen LogP contribution in [0.25, 0.3) is 11.1 Å². The Balaban J connectivity index is 0.00000261. The van der Waals surface area contributed by atoms with Crippen molar-refractivity contribution in [3.63, 3.8) is 0 Å². The number of nitrogens with one attached hydrogen (secondary N) is 2. The molecule has 0 atom stereocenters. The van der Waals surface area contributed by atoms with Gasteiger partial charge in [0.05, 0.1) is 22.3 Å². The van der Waals surface area contributed by atoms with E-state index < -0.39 is 15.6 Å².